The first-order chi connectivity index (χ1) is 49.2. The van der Waals surface area contributed by atoms with Gasteiger partial charge in [-0.15, -0.1) is 0 Å². The molecular weight excluding hydrogens is 1310 g/mol. The Morgan fingerprint density at radius 1 is 0.287 bits per heavy atom. The average Bonchev–Trinajstić information content (AvgIpc) is 1.14. The summed E-state index contributed by atoms with van der Waals surface area (Å²) in [5.41, 5.74) is 0. The van der Waals surface area contributed by atoms with Crippen LogP contribution in [0.3, 0.4) is 0 Å². The predicted molar refractivity (Wildman–Crippen MR) is 417 cm³/mol. The van der Waals surface area contributed by atoms with Crippen molar-refractivity contribution < 1.29 is 75.8 Å². The van der Waals surface area contributed by atoms with Crippen LogP contribution in [0.4, 0.5) is 0 Å². The topological polar surface area (TPSA) is 231 Å². The lowest BCUT2D eigenvalue weighted by Crippen LogP contribution is -2.30. The zero-order valence-electron chi connectivity index (χ0n) is 63.3. The minimum absolute atomic E-state index is 0.0787. The van der Waals surface area contributed by atoms with Crippen LogP contribution in [-0.4, -0.2) is 95.9 Å². The minimum atomic E-state index is -4.94. The molecular formula is C83H142O16P2. The molecule has 0 saturated heterocycles. The van der Waals surface area contributed by atoms with Crippen molar-refractivity contribution in [2.24, 2.45) is 0 Å². The van der Waals surface area contributed by atoms with Gasteiger partial charge in [0.05, 0.1) is 26.4 Å². The van der Waals surface area contributed by atoms with E-state index in [1.807, 2.05) is 0 Å². The highest BCUT2D eigenvalue weighted by Crippen LogP contribution is 2.45. The molecule has 0 fully saturated rings. The largest absolute Gasteiger partial charge is 0.472 e. The van der Waals surface area contributed by atoms with Crippen LogP contribution in [0.15, 0.2) is 134 Å². The summed E-state index contributed by atoms with van der Waals surface area (Å²) in [6.07, 6.45) is 90.8. The first kappa shape index (κ1) is 96.7. The van der Waals surface area contributed by atoms with E-state index in [1.165, 1.54) is 103 Å². The van der Waals surface area contributed by atoms with Gasteiger partial charge >= 0.3 is 33.6 Å². The third-order valence-corrected chi connectivity index (χ3v) is 18.2. The molecule has 0 spiro atoms. The van der Waals surface area contributed by atoms with Gasteiger partial charge < -0.3 is 34.2 Å². The maximum atomic E-state index is 12.9. The van der Waals surface area contributed by atoms with E-state index in [0.717, 1.165) is 154 Å². The second-order valence-electron chi connectivity index (χ2n) is 26.1. The second-order valence-corrected chi connectivity index (χ2v) is 29.0. The van der Waals surface area contributed by atoms with Crippen molar-refractivity contribution in [2.45, 2.75) is 334 Å². The molecule has 16 nitrogen and oxygen atoms in total. The van der Waals surface area contributed by atoms with Crippen LogP contribution < -0.4 is 0 Å². The number of esters is 3. The fourth-order valence-corrected chi connectivity index (χ4v) is 12.0. The summed E-state index contributed by atoms with van der Waals surface area (Å²) in [7, 11) is -9.80. The third kappa shape index (κ3) is 76.6. The number of unbranched alkanes of at least 4 members (excludes halogenated alkanes) is 29. The number of carbonyl (C=O) groups excluding carboxylic acids is 3. The molecule has 4 N–H and O–H groups in total. The van der Waals surface area contributed by atoms with Crippen molar-refractivity contribution in [1.82, 2.24) is 0 Å². The molecule has 18 heteroatoms. The summed E-state index contributed by atoms with van der Waals surface area (Å²) in [6.45, 7) is 2.40. The summed E-state index contributed by atoms with van der Waals surface area (Å²) < 4.78 is 61.1. The van der Waals surface area contributed by atoms with Gasteiger partial charge in [-0.1, -0.05) is 296 Å². The first-order valence-corrected chi connectivity index (χ1v) is 42.5. The Balaban J connectivity index is 4.49. The maximum Gasteiger partial charge on any atom is 0.472 e. The van der Waals surface area contributed by atoms with E-state index in [4.69, 9.17) is 32.3 Å². The SMILES string of the molecule is CC/C=C\C/C=C\C/C=C\C/C=C\CCCCCCCCC(=O)OCC(COP(=O)(O)OCC(O)COP(=O)(O)OCC(O)COC(=O)CCCCCCCCCCCCCCCCC/C=C\C/C=C\C/C=C\C/C=C\CCCCC)OC(=O)CCCCCCC/C=C\C/C=C\C/C=C\CC. The Bertz CT molecular complexity index is 2370. The van der Waals surface area contributed by atoms with Crippen LogP contribution in [-0.2, 0) is 55.8 Å². The lowest BCUT2D eigenvalue weighted by atomic mass is 10.0. The zero-order valence-corrected chi connectivity index (χ0v) is 65.1. The molecule has 0 aliphatic carbocycles. The third-order valence-electron chi connectivity index (χ3n) is 16.3. The van der Waals surface area contributed by atoms with E-state index >= 15 is 0 Å². The van der Waals surface area contributed by atoms with E-state index in [0.29, 0.717) is 19.3 Å². The van der Waals surface area contributed by atoms with Gasteiger partial charge in [-0.3, -0.25) is 32.5 Å². The predicted octanol–water partition coefficient (Wildman–Crippen LogP) is 23.1. The number of hydrogen-bond acceptors (Lipinski definition) is 14. The molecule has 0 rings (SSSR count). The number of phosphoric ester groups is 2. The van der Waals surface area contributed by atoms with Crippen molar-refractivity contribution in [3.05, 3.63) is 134 Å². The molecule has 5 unspecified atom stereocenters. The molecule has 5 atom stereocenters. The Kier molecular flexibility index (Phi) is 72.2. The van der Waals surface area contributed by atoms with Crippen molar-refractivity contribution in [3.63, 3.8) is 0 Å². The van der Waals surface area contributed by atoms with Crippen molar-refractivity contribution in [3.8, 4) is 0 Å². The van der Waals surface area contributed by atoms with Gasteiger partial charge in [0.2, 0.25) is 0 Å². The highest BCUT2D eigenvalue weighted by molar-refractivity contribution is 7.47. The van der Waals surface area contributed by atoms with Crippen LogP contribution >= 0.6 is 15.6 Å². The van der Waals surface area contributed by atoms with Crippen molar-refractivity contribution in [2.75, 3.05) is 39.6 Å². The monoisotopic (exact) mass is 1460 g/mol. The Morgan fingerprint density at radius 2 is 0.525 bits per heavy atom. The van der Waals surface area contributed by atoms with Crippen LogP contribution in [0, 0.1) is 0 Å². The highest BCUT2D eigenvalue weighted by Gasteiger charge is 2.29. The number of rotatable bonds is 74. The molecule has 0 aromatic carbocycles. The Hall–Kier alpha value is -4.31. The lowest BCUT2D eigenvalue weighted by Gasteiger charge is -2.21. The number of allylic oxidation sites excluding steroid dienone is 22. The van der Waals surface area contributed by atoms with Gasteiger partial charge in [0.1, 0.15) is 25.4 Å². The van der Waals surface area contributed by atoms with Crippen molar-refractivity contribution in [1.29, 1.82) is 0 Å². The summed E-state index contributed by atoms with van der Waals surface area (Å²) >= 11 is 0. The molecule has 101 heavy (non-hydrogen) atoms. The fraction of sp³-hybridized carbons (Fsp3) is 0.699. The van der Waals surface area contributed by atoms with E-state index in [-0.39, 0.29) is 19.3 Å². The Labute approximate surface area is 614 Å². The van der Waals surface area contributed by atoms with E-state index in [9.17, 15) is 43.5 Å². The highest BCUT2D eigenvalue weighted by atomic mass is 31.2. The van der Waals surface area contributed by atoms with Crippen LogP contribution in [0.2, 0.25) is 0 Å². The van der Waals surface area contributed by atoms with Gasteiger partial charge in [-0.2, -0.15) is 0 Å². The molecule has 0 amide bonds. The number of phosphoric acid groups is 2. The van der Waals surface area contributed by atoms with Crippen molar-refractivity contribution >= 4 is 33.6 Å². The van der Waals surface area contributed by atoms with Crippen LogP contribution in [0.5, 0.6) is 0 Å². The number of aliphatic hydroxyl groups is 2. The number of hydrogen-bond donors (Lipinski definition) is 4. The van der Waals surface area contributed by atoms with Gasteiger partial charge in [-0.05, 0) is 135 Å². The molecule has 0 aromatic heterocycles. The fourth-order valence-electron chi connectivity index (χ4n) is 10.4. The van der Waals surface area contributed by atoms with E-state index in [1.54, 1.807) is 0 Å². The molecule has 580 valence electrons. The standard InChI is InChI=1S/C83H142O16P2/c1-4-7-10-13-16-19-22-25-28-30-32-33-34-35-36-37-38-39-40-41-42-43-45-47-49-51-54-57-60-63-66-69-81(86)93-72-78(84)73-95-100(89,90)96-74-79(85)75-97-101(91,92)98-77-80(99-83(88)71-68-65-62-59-56-53-48-27-24-21-18-15-12-9-6-3)76-94-82(87)70-67-64-61-58-55-52-50-46-44-31-29-26-23-20-17-14-11-8-5-2/h8-9,11-12,16-21,25-29,32-33,35-36,44,46,48,78-80,84-85H,4-7,10,13-15,22-24,30-31,34,37-43,45,47,49-77H2,1-3H3,(H,89,90)(H,91,92)/b11-8-,12-9-,19-16-,20-17-,21-18-,28-25-,29-26-,33-32-,36-35-,46-44-,48-27-. The zero-order chi connectivity index (χ0) is 73.7. The summed E-state index contributed by atoms with van der Waals surface area (Å²) in [5.74, 6) is -1.61. The van der Waals surface area contributed by atoms with E-state index in [2.05, 4.69) is 154 Å². The van der Waals surface area contributed by atoms with Gasteiger partial charge in [-0.25, -0.2) is 9.13 Å². The smallest absolute Gasteiger partial charge is 0.463 e. The summed E-state index contributed by atoms with van der Waals surface area (Å²) in [5, 5.41) is 20.6. The van der Waals surface area contributed by atoms with E-state index < -0.39 is 91.5 Å². The van der Waals surface area contributed by atoms with Gasteiger partial charge in [0.15, 0.2) is 6.10 Å². The number of carbonyl (C=O) groups is 3. The molecule has 0 radical (unpaired) electrons. The molecule has 0 aliphatic heterocycles. The van der Waals surface area contributed by atoms with Crippen LogP contribution in [0.1, 0.15) is 316 Å². The quantitative estimate of drug-likeness (QED) is 0.0146. The first-order valence-electron chi connectivity index (χ1n) is 39.5. The summed E-state index contributed by atoms with van der Waals surface area (Å²) in [4.78, 5) is 58.6. The lowest BCUT2D eigenvalue weighted by molar-refractivity contribution is -0.161. The number of aliphatic hydroxyl groups excluding tert-OH is 2. The van der Waals surface area contributed by atoms with Gasteiger partial charge in [0, 0.05) is 19.3 Å². The normalized spacial score (nSPS) is 14.7. The summed E-state index contributed by atoms with van der Waals surface area (Å²) in [6, 6.07) is 0. The van der Waals surface area contributed by atoms with Gasteiger partial charge in [0.25, 0.3) is 0 Å². The Morgan fingerprint density at radius 3 is 0.832 bits per heavy atom. The second kappa shape index (κ2) is 75.4. The molecule has 0 aliphatic rings. The molecule has 0 heterocycles. The molecule has 0 saturated carbocycles. The minimum Gasteiger partial charge on any atom is -0.463 e. The average molecular weight is 1460 g/mol. The molecule has 0 bridgehead atoms. The maximum absolute atomic E-state index is 12.9. The number of ether oxygens (including phenoxy) is 3. The molecule has 0 aromatic rings. The van der Waals surface area contributed by atoms with Crippen LogP contribution in [0.25, 0.3) is 0 Å².